The number of carbonyl (C=O) groups excluding carboxylic acids is 3. The fourth-order valence-electron chi connectivity index (χ4n) is 5.27. The molecule has 4 rings (SSSR count). The summed E-state index contributed by atoms with van der Waals surface area (Å²) >= 11 is 0. The summed E-state index contributed by atoms with van der Waals surface area (Å²) in [5.74, 6) is 1.30. The summed E-state index contributed by atoms with van der Waals surface area (Å²) in [7, 11) is 1.56. The van der Waals surface area contributed by atoms with Gasteiger partial charge in [0.2, 0.25) is 12.6 Å². The number of rotatable bonds is 12. The average Bonchev–Trinajstić information content (AvgIpc) is 3.27. The van der Waals surface area contributed by atoms with E-state index in [-0.39, 0.29) is 46.0 Å². The predicted molar refractivity (Wildman–Crippen MR) is 267 cm³/mol. The molecule has 1 fully saturated rings. The van der Waals surface area contributed by atoms with Crippen LogP contribution in [0.1, 0.15) is 180 Å². The van der Waals surface area contributed by atoms with Gasteiger partial charge < -0.3 is 44.1 Å². The largest absolute Gasteiger partial charge is 0.508 e. The van der Waals surface area contributed by atoms with Crippen LogP contribution in [-0.2, 0) is 33.3 Å². The molecule has 12 nitrogen and oxygen atoms in total. The van der Waals surface area contributed by atoms with Crippen molar-refractivity contribution in [3.05, 3.63) is 77.9 Å². The molecule has 1 aliphatic heterocycles. The third-order valence-electron chi connectivity index (χ3n) is 12.1. The third kappa shape index (κ3) is 21.8. The summed E-state index contributed by atoms with van der Waals surface area (Å²) < 4.78 is 26.6. The van der Waals surface area contributed by atoms with E-state index in [4.69, 9.17) is 39.0 Å². The first-order valence-corrected chi connectivity index (χ1v) is 23.7. The highest BCUT2D eigenvalue weighted by atomic mass is 16.7. The highest BCUT2D eigenvalue weighted by Crippen LogP contribution is 2.35. The van der Waals surface area contributed by atoms with Gasteiger partial charge in [-0.05, 0) is 138 Å². The second-order valence-electron chi connectivity index (χ2n) is 21.0. The molecule has 4 N–H and O–H groups in total. The van der Waals surface area contributed by atoms with Gasteiger partial charge in [-0.1, -0.05) is 108 Å². The van der Waals surface area contributed by atoms with Gasteiger partial charge in [0, 0.05) is 17.9 Å². The fraction of sp³-hybridized carbons (Fsp3) is 0.618. The van der Waals surface area contributed by atoms with Crippen LogP contribution in [0.4, 0.5) is 0 Å². The topological polar surface area (TPSA) is 178 Å². The standard InChI is InChI=1S/C12H16O3.C12H24O3.C11H20O3.C10H14O2.C10H14O/c1-4-12(2,3)11(14)15-10-7-5-9(13)6-8-10;1-8-12(5,6)9(13)15-10(14-7)11(2,3)4;1-6-11(5)7-13-9(10(2,3)4)14-8(11)12;1-3-7(2)8-4-5-9(11)10(12)6-8;1-3-8(2)9-4-6-10(11)7-5-9/h5-8,13H,4H2,1-3H3;10H,8H2,1-7H3;9H,6-7H2,1-5H3;4-7,11-12H,3H2,1-2H3;4-8,11H,3H2,1-2H3. The monoisotopic (exact) mass is 941 g/mol. The summed E-state index contributed by atoms with van der Waals surface area (Å²) in [6.07, 6.45) is 3.51. The average molecular weight is 941 g/mol. The van der Waals surface area contributed by atoms with Crippen molar-refractivity contribution in [2.45, 2.75) is 181 Å². The number of hydrogen-bond acceptors (Lipinski definition) is 12. The van der Waals surface area contributed by atoms with E-state index in [1.807, 2.05) is 115 Å². The Hall–Kier alpha value is -4.81. The van der Waals surface area contributed by atoms with E-state index in [9.17, 15) is 19.5 Å². The molecule has 380 valence electrons. The minimum Gasteiger partial charge on any atom is -0.508 e. The summed E-state index contributed by atoms with van der Waals surface area (Å²) in [4.78, 5) is 35.2. The van der Waals surface area contributed by atoms with Crippen LogP contribution in [0.2, 0.25) is 0 Å². The van der Waals surface area contributed by atoms with Crippen molar-refractivity contribution in [2.24, 2.45) is 27.1 Å². The molecule has 3 aromatic rings. The first kappa shape index (κ1) is 62.2. The molecule has 5 atom stereocenters. The Bertz CT molecular complexity index is 1910. The number of cyclic esters (lactones) is 1. The van der Waals surface area contributed by atoms with Crippen molar-refractivity contribution >= 4 is 17.9 Å². The van der Waals surface area contributed by atoms with Crippen LogP contribution in [0, 0.1) is 27.1 Å². The van der Waals surface area contributed by atoms with Gasteiger partial charge in [-0.25, -0.2) is 0 Å². The molecular weight excluding hydrogens is 853 g/mol. The fourth-order valence-corrected chi connectivity index (χ4v) is 5.27. The zero-order valence-corrected chi connectivity index (χ0v) is 44.5. The number of esters is 3. The van der Waals surface area contributed by atoms with Crippen LogP contribution in [0.3, 0.4) is 0 Å². The van der Waals surface area contributed by atoms with Gasteiger partial charge in [-0.2, -0.15) is 0 Å². The van der Waals surface area contributed by atoms with Gasteiger partial charge in [0.05, 0.1) is 22.9 Å². The number of benzene rings is 3. The number of methoxy groups -OCH3 is 1. The number of hydrogen-bond donors (Lipinski definition) is 4. The summed E-state index contributed by atoms with van der Waals surface area (Å²) in [5.41, 5.74) is 0.638. The third-order valence-corrected chi connectivity index (χ3v) is 12.1. The van der Waals surface area contributed by atoms with Crippen molar-refractivity contribution in [2.75, 3.05) is 13.7 Å². The Morgan fingerprint density at radius 1 is 0.687 bits per heavy atom. The van der Waals surface area contributed by atoms with E-state index >= 15 is 0 Å². The summed E-state index contributed by atoms with van der Waals surface area (Å²) in [5, 5.41) is 36.3. The molecule has 0 aliphatic carbocycles. The Morgan fingerprint density at radius 3 is 1.52 bits per heavy atom. The molecule has 5 unspecified atom stereocenters. The molecule has 1 aliphatic rings. The molecule has 1 heterocycles. The Labute approximate surface area is 403 Å². The van der Waals surface area contributed by atoms with Gasteiger partial charge in [0.25, 0.3) is 0 Å². The normalized spacial score (nSPS) is 17.4. The van der Waals surface area contributed by atoms with E-state index in [1.54, 1.807) is 37.4 Å². The first-order chi connectivity index (χ1) is 30.8. The quantitative estimate of drug-likeness (QED) is 0.0585. The molecule has 0 bridgehead atoms. The molecule has 1 saturated heterocycles. The molecule has 0 amide bonds. The van der Waals surface area contributed by atoms with Crippen LogP contribution in [0.15, 0.2) is 66.7 Å². The molecule has 67 heavy (non-hydrogen) atoms. The van der Waals surface area contributed by atoms with E-state index in [2.05, 4.69) is 27.7 Å². The second kappa shape index (κ2) is 27.9. The number of phenolic OH excluding ortho intramolecular Hbond substituents is 4. The Morgan fingerprint density at radius 2 is 1.13 bits per heavy atom. The van der Waals surface area contributed by atoms with Gasteiger partial charge >= 0.3 is 17.9 Å². The SMILES string of the molecule is CCC(C)(C)C(=O)OC(OC)C(C)(C)C.CCC(C)(C)C(=O)Oc1ccc(O)cc1.CCC(C)c1ccc(O)c(O)c1.CCC(C)c1ccc(O)cc1.CCC1(C)COC(C(C)(C)C)OC1=O. The van der Waals surface area contributed by atoms with E-state index in [1.165, 1.54) is 23.8 Å². The van der Waals surface area contributed by atoms with Crippen molar-refractivity contribution in [3.63, 3.8) is 0 Å². The number of carbonyl (C=O) groups is 3. The lowest BCUT2D eigenvalue weighted by Crippen LogP contribution is -2.48. The lowest BCUT2D eigenvalue weighted by atomic mass is 9.86. The number of phenols is 4. The van der Waals surface area contributed by atoms with Crippen LogP contribution in [0.5, 0.6) is 28.7 Å². The zero-order chi connectivity index (χ0) is 52.1. The minimum atomic E-state index is -0.490. The van der Waals surface area contributed by atoms with Gasteiger partial charge in [-0.3, -0.25) is 14.4 Å². The van der Waals surface area contributed by atoms with Gasteiger partial charge in [0.15, 0.2) is 11.5 Å². The van der Waals surface area contributed by atoms with Crippen molar-refractivity contribution in [1.29, 1.82) is 0 Å². The predicted octanol–water partition coefficient (Wildman–Crippen LogP) is 13.6. The smallest absolute Gasteiger partial charge is 0.316 e. The highest BCUT2D eigenvalue weighted by molar-refractivity contribution is 5.78. The van der Waals surface area contributed by atoms with Crippen molar-refractivity contribution in [3.8, 4) is 28.7 Å². The van der Waals surface area contributed by atoms with Gasteiger partial charge in [0.1, 0.15) is 17.2 Å². The molecule has 0 spiro atoms. The number of aromatic hydroxyl groups is 4. The molecule has 0 aromatic heterocycles. The summed E-state index contributed by atoms with van der Waals surface area (Å²) in [6.45, 7) is 36.1. The van der Waals surface area contributed by atoms with E-state index in [0.717, 1.165) is 37.7 Å². The van der Waals surface area contributed by atoms with E-state index < -0.39 is 28.8 Å². The van der Waals surface area contributed by atoms with E-state index in [0.29, 0.717) is 29.9 Å². The highest BCUT2D eigenvalue weighted by Gasteiger charge is 2.44. The molecule has 3 aromatic carbocycles. The molecule has 0 saturated carbocycles. The maximum atomic E-state index is 11.8. The lowest BCUT2D eigenvalue weighted by Gasteiger charge is -2.40. The van der Waals surface area contributed by atoms with Crippen LogP contribution < -0.4 is 4.74 Å². The maximum Gasteiger partial charge on any atom is 0.316 e. The lowest BCUT2D eigenvalue weighted by molar-refractivity contribution is -0.248. The zero-order valence-electron chi connectivity index (χ0n) is 44.5. The number of ether oxygens (including phenoxy) is 5. The Balaban J connectivity index is 0.000000816. The first-order valence-electron chi connectivity index (χ1n) is 23.7. The second-order valence-corrected chi connectivity index (χ2v) is 21.0. The van der Waals surface area contributed by atoms with Gasteiger partial charge in [-0.15, -0.1) is 0 Å². The molecule has 0 radical (unpaired) electrons. The minimum absolute atomic E-state index is 0.0344. The van der Waals surface area contributed by atoms with Crippen molar-refractivity contribution < 1.29 is 58.5 Å². The maximum absolute atomic E-state index is 11.8. The molecule has 12 heteroatoms. The van der Waals surface area contributed by atoms with Crippen LogP contribution in [-0.4, -0.2) is 64.6 Å². The van der Waals surface area contributed by atoms with Crippen LogP contribution in [0.25, 0.3) is 0 Å². The summed E-state index contributed by atoms with van der Waals surface area (Å²) in [6, 6.07) is 18.5. The Kier molecular flexibility index (Phi) is 25.9. The molecular formula is C55H88O12. The van der Waals surface area contributed by atoms with Crippen LogP contribution >= 0.6 is 0 Å². The van der Waals surface area contributed by atoms with Crippen molar-refractivity contribution in [1.82, 2.24) is 0 Å².